The fourth-order valence-corrected chi connectivity index (χ4v) is 3.80. The van der Waals surface area contributed by atoms with Crippen molar-refractivity contribution in [2.45, 2.75) is 32.9 Å². The highest BCUT2D eigenvalue weighted by Gasteiger charge is 2.17. The van der Waals surface area contributed by atoms with Crippen LogP contribution in [-0.4, -0.2) is 45.6 Å². The number of nitrogens with one attached hydrogen (secondary N) is 3. The van der Waals surface area contributed by atoms with E-state index in [0.717, 1.165) is 0 Å². The number of methoxy groups -OCH3 is 1. The number of carbonyl (C=O) groups is 3. The molecule has 0 radical (unpaired) electrons. The number of halogens is 1. The van der Waals surface area contributed by atoms with E-state index in [-0.39, 0.29) is 29.3 Å². The van der Waals surface area contributed by atoms with Crippen molar-refractivity contribution in [3.8, 4) is 11.6 Å². The lowest BCUT2D eigenvalue weighted by molar-refractivity contribution is -0.134. The average molecular weight is 631 g/mol. The summed E-state index contributed by atoms with van der Waals surface area (Å²) in [5.74, 6) is -0.0905. The molecule has 45 heavy (non-hydrogen) atoms. The van der Waals surface area contributed by atoms with E-state index in [1.54, 1.807) is 87.5 Å². The summed E-state index contributed by atoms with van der Waals surface area (Å²) in [6.07, 6.45) is 3.61. The minimum absolute atomic E-state index is 0.0954. The zero-order chi connectivity index (χ0) is 32.4. The van der Waals surface area contributed by atoms with E-state index < -0.39 is 17.7 Å². The van der Waals surface area contributed by atoms with E-state index in [9.17, 15) is 14.4 Å². The Morgan fingerprint density at radius 2 is 1.71 bits per heavy atom. The molecular weight excluding hydrogens is 600 g/mol. The number of anilines is 3. The van der Waals surface area contributed by atoms with E-state index in [2.05, 4.69) is 35.6 Å². The molecule has 0 spiro atoms. The average Bonchev–Trinajstić information content (AvgIpc) is 3.00. The van der Waals surface area contributed by atoms with Gasteiger partial charge in [-0.2, -0.15) is 4.98 Å². The first-order chi connectivity index (χ1) is 21.5. The van der Waals surface area contributed by atoms with Crippen LogP contribution in [0.4, 0.5) is 22.1 Å². The van der Waals surface area contributed by atoms with Crippen LogP contribution < -0.4 is 20.7 Å². The number of carbonyl (C=O) groups excluding carboxylic acids is 3. The van der Waals surface area contributed by atoms with Crippen molar-refractivity contribution < 1.29 is 28.6 Å². The van der Waals surface area contributed by atoms with Crippen molar-refractivity contribution in [1.29, 1.82) is 0 Å². The molecule has 0 saturated heterocycles. The van der Waals surface area contributed by atoms with Crippen LogP contribution in [0.1, 0.15) is 42.5 Å². The standard InChI is InChI=1S/C32H31ClN6O6/c1-32(2,3)45-31(42)38-23-8-6-10-25(17-23)44-29-26(33)19-35-30(39-29)37-22-13-11-20(12-14-22)28(41)34-18-24-9-5-7-21(36-24)15-16-27(40)43-4/h5-17,19H,18H2,1-4H3,(H,34,41)(H,38,42)(H,35,37,39). The highest BCUT2D eigenvalue weighted by Crippen LogP contribution is 2.30. The van der Waals surface area contributed by atoms with Gasteiger partial charge in [0, 0.05) is 29.1 Å². The molecule has 2 heterocycles. The molecule has 2 amide bonds. The van der Waals surface area contributed by atoms with Crippen LogP contribution in [0.2, 0.25) is 5.02 Å². The zero-order valence-electron chi connectivity index (χ0n) is 25.0. The van der Waals surface area contributed by atoms with Crippen LogP contribution in [0, 0.1) is 0 Å². The van der Waals surface area contributed by atoms with Crippen molar-refractivity contribution in [2.75, 3.05) is 17.7 Å². The Balaban J connectivity index is 1.35. The molecule has 0 atom stereocenters. The first kappa shape index (κ1) is 32.4. The van der Waals surface area contributed by atoms with Gasteiger partial charge in [-0.05, 0) is 75.4 Å². The predicted molar refractivity (Wildman–Crippen MR) is 170 cm³/mol. The Hall–Kier alpha value is -5.49. The van der Waals surface area contributed by atoms with Gasteiger partial charge in [0.1, 0.15) is 16.4 Å². The van der Waals surface area contributed by atoms with Gasteiger partial charge in [-0.25, -0.2) is 14.6 Å². The maximum Gasteiger partial charge on any atom is 0.412 e. The van der Waals surface area contributed by atoms with Crippen LogP contribution in [0.3, 0.4) is 0 Å². The largest absolute Gasteiger partial charge is 0.466 e. The quantitative estimate of drug-likeness (QED) is 0.130. The molecular formula is C32H31ClN6O6. The first-order valence-corrected chi connectivity index (χ1v) is 14.0. The molecule has 3 N–H and O–H groups in total. The van der Waals surface area contributed by atoms with Gasteiger partial charge in [0.2, 0.25) is 11.8 Å². The molecule has 2 aromatic heterocycles. The number of hydrogen-bond donors (Lipinski definition) is 3. The molecule has 13 heteroatoms. The second kappa shape index (κ2) is 14.8. The smallest absolute Gasteiger partial charge is 0.412 e. The molecule has 2 aromatic carbocycles. The van der Waals surface area contributed by atoms with Crippen LogP contribution in [0.5, 0.6) is 11.6 Å². The first-order valence-electron chi connectivity index (χ1n) is 13.6. The number of pyridine rings is 1. The van der Waals surface area contributed by atoms with E-state index >= 15 is 0 Å². The molecule has 0 aliphatic heterocycles. The van der Waals surface area contributed by atoms with Crippen molar-refractivity contribution in [3.05, 3.63) is 101 Å². The minimum Gasteiger partial charge on any atom is -0.466 e. The third kappa shape index (κ3) is 10.3. The van der Waals surface area contributed by atoms with Crippen molar-refractivity contribution in [3.63, 3.8) is 0 Å². The molecule has 12 nitrogen and oxygen atoms in total. The number of hydrogen-bond acceptors (Lipinski definition) is 10. The Bertz CT molecular complexity index is 1710. The van der Waals surface area contributed by atoms with Gasteiger partial charge in [0.05, 0.1) is 31.2 Å². The van der Waals surface area contributed by atoms with E-state index in [0.29, 0.717) is 34.1 Å². The fourth-order valence-electron chi connectivity index (χ4n) is 3.67. The lowest BCUT2D eigenvalue weighted by Crippen LogP contribution is -2.27. The van der Waals surface area contributed by atoms with E-state index in [1.165, 1.54) is 25.5 Å². The van der Waals surface area contributed by atoms with Crippen LogP contribution in [0.25, 0.3) is 6.08 Å². The van der Waals surface area contributed by atoms with Gasteiger partial charge < -0.3 is 24.8 Å². The van der Waals surface area contributed by atoms with Crippen molar-refractivity contribution in [2.24, 2.45) is 0 Å². The van der Waals surface area contributed by atoms with Gasteiger partial charge in [-0.15, -0.1) is 0 Å². The second-order valence-corrected chi connectivity index (χ2v) is 10.8. The summed E-state index contributed by atoms with van der Waals surface area (Å²) in [5, 5.41) is 8.72. The number of nitrogens with zero attached hydrogens (tertiary/aromatic N) is 3. The van der Waals surface area contributed by atoms with Crippen LogP contribution in [-0.2, 0) is 20.8 Å². The third-order valence-electron chi connectivity index (χ3n) is 5.66. The molecule has 0 aliphatic carbocycles. The highest BCUT2D eigenvalue weighted by molar-refractivity contribution is 6.31. The summed E-state index contributed by atoms with van der Waals surface area (Å²) in [6.45, 7) is 5.52. The summed E-state index contributed by atoms with van der Waals surface area (Å²) in [5.41, 5.74) is 2.06. The number of aromatic nitrogens is 3. The molecule has 0 unspecified atom stereocenters. The monoisotopic (exact) mass is 630 g/mol. The number of rotatable bonds is 10. The van der Waals surface area contributed by atoms with Crippen molar-refractivity contribution >= 4 is 53.0 Å². The molecule has 0 bridgehead atoms. The number of benzene rings is 2. The van der Waals surface area contributed by atoms with E-state index in [1.807, 2.05) is 0 Å². The third-order valence-corrected chi connectivity index (χ3v) is 5.92. The van der Waals surface area contributed by atoms with Gasteiger partial charge in [-0.3, -0.25) is 15.1 Å². The number of amides is 2. The number of ether oxygens (including phenoxy) is 3. The zero-order valence-corrected chi connectivity index (χ0v) is 25.7. The minimum atomic E-state index is -0.638. The summed E-state index contributed by atoms with van der Waals surface area (Å²) in [6, 6.07) is 18.7. The summed E-state index contributed by atoms with van der Waals surface area (Å²) >= 11 is 6.28. The Morgan fingerprint density at radius 1 is 0.956 bits per heavy atom. The Kier molecular flexibility index (Phi) is 10.7. The fraction of sp³-hybridized carbons (Fsp3) is 0.188. The molecule has 0 saturated carbocycles. The summed E-state index contributed by atoms with van der Waals surface area (Å²) < 4.78 is 15.7. The predicted octanol–water partition coefficient (Wildman–Crippen LogP) is 6.52. The number of esters is 1. The lowest BCUT2D eigenvalue weighted by atomic mass is 10.2. The normalized spacial score (nSPS) is 11.0. The highest BCUT2D eigenvalue weighted by atomic mass is 35.5. The summed E-state index contributed by atoms with van der Waals surface area (Å²) in [7, 11) is 1.30. The van der Waals surface area contributed by atoms with Gasteiger partial charge >= 0.3 is 12.1 Å². The van der Waals surface area contributed by atoms with Crippen LogP contribution >= 0.6 is 11.6 Å². The second-order valence-electron chi connectivity index (χ2n) is 10.4. The SMILES string of the molecule is COC(=O)C=Cc1cccc(CNC(=O)c2ccc(Nc3ncc(Cl)c(Oc4cccc(NC(=O)OC(C)(C)C)c4)n3)cc2)n1. The summed E-state index contributed by atoms with van der Waals surface area (Å²) in [4.78, 5) is 49.1. The topological polar surface area (TPSA) is 154 Å². The van der Waals surface area contributed by atoms with Gasteiger partial charge in [0.25, 0.3) is 5.91 Å². The molecule has 4 rings (SSSR count). The maximum absolute atomic E-state index is 12.7. The molecule has 0 fully saturated rings. The lowest BCUT2D eigenvalue weighted by Gasteiger charge is -2.19. The van der Waals surface area contributed by atoms with Crippen LogP contribution in [0.15, 0.2) is 79.0 Å². The van der Waals surface area contributed by atoms with Crippen molar-refractivity contribution in [1.82, 2.24) is 20.3 Å². The molecule has 0 aliphatic rings. The Morgan fingerprint density at radius 3 is 2.44 bits per heavy atom. The Labute approximate surface area is 264 Å². The molecule has 232 valence electrons. The molecule has 4 aromatic rings. The van der Waals surface area contributed by atoms with Gasteiger partial charge in [0.15, 0.2) is 0 Å². The maximum atomic E-state index is 12.7. The van der Waals surface area contributed by atoms with Gasteiger partial charge in [-0.1, -0.05) is 23.7 Å². The van der Waals surface area contributed by atoms with E-state index in [4.69, 9.17) is 21.1 Å².